The number of aromatic nitrogens is 2. The number of anilines is 2. The van der Waals surface area contributed by atoms with Crippen LogP contribution >= 0.6 is 11.6 Å². The zero-order valence-electron chi connectivity index (χ0n) is 19.8. The van der Waals surface area contributed by atoms with Gasteiger partial charge in [-0.15, -0.1) is 0 Å². The SMILES string of the molecule is Cc1cc(N2CCCN(C)S2(=O)=O)ccc1C(=O)Nc1ccc(Cl)c(-c2ccc3ncccc3n2)c1. The van der Waals surface area contributed by atoms with Crippen LogP contribution in [0.2, 0.25) is 5.02 Å². The summed E-state index contributed by atoms with van der Waals surface area (Å²) in [4.78, 5) is 22.0. The molecule has 2 aromatic heterocycles. The number of fused-ring (bicyclic) bond motifs is 1. The van der Waals surface area contributed by atoms with E-state index in [9.17, 15) is 13.2 Å². The fraction of sp³-hybridized carbons (Fsp3) is 0.192. The van der Waals surface area contributed by atoms with Gasteiger partial charge in [0.15, 0.2) is 0 Å². The minimum atomic E-state index is -3.56. The summed E-state index contributed by atoms with van der Waals surface area (Å²) in [7, 11) is -1.99. The van der Waals surface area contributed by atoms with Crippen molar-refractivity contribution in [1.29, 1.82) is 0 Å². The standard InChI is InChI=1S/C26H24ClN5O3S/c1-17-15-19(32-14-4-13-31(2)36(32,34)35)7-8-20(17)26(33)29-18-6-9-22(27)21(16-18)23-10-11-24-25(30-23)5-3-12-28-24/h3,5-12,15-16H,4,13-14H2,1-2H3,(H,29,33). The first-order valence-electron chi connectivity index (χ1n) is 11.4. The molecule has 0 saturated carbocycles. The predicted molar refractivity (Wildman–Crippen MR) is 143 cm³/mol. The number of amides is 1. The second-order valence-corrected chi connectivity index (χ2v) is 11.0. The maximum atomic E-state index is 13.1. The minimum absolute atomic E-state index is 0.304. The third-order valence-corrected chi connectivity index (χ3v) is 8.46. The molecule has 0 bridgehead atoms. The number of rotatable bonds is 4. The van der Waals surface area contributed by atoms with E-state index in [1.807, 2.05) is 24.3 Å². The van der Waals surface area contributed by atoms with E-state index in [0.717, 1.165) is 17.5 Å². The molecule has 1 fully saturated rings. The topological polar surface area (TPSA) is 95.5 Å². The summed E-state index contributed by atoms with van der Waals surface area (Å²) in [6, 6.07) is 17.7. The lowest BCUT2D eigenvalue weighted by Gasteiger charge is -2.34. The normalized spacial score (nSPS) is 15.7. The number of aryl methyl sites for hydroxylation is 1. The van der Waals surface area contributed by atoms with Crippen molar-refractivity contribution in [2.75, 3.05) is 29.8 Å². The molecule has 0 atom stereocenters. The highest BCUT2D eigenvalue weighted by molar-refractivity contribution is 7.90. The number of carbonyl (C=O) groups is 1. The van der Waals surface area contributed by atoms with Crippen LogP contribution in [0, 0.1) is 6.92 Å². The van der Waals surface area contributed by atoms with E-state index in [-0.39, 0.29) is 5.91 Å². The Bertz CT molecular complexity index is 1590. The van der Waals surface area contributed by atoms with Crippen LogP contribution in [0.3, 0.4) is 0 Å². The Hall–Kier alpha value is -3.53. The van der Waals surface area contributed by atoms with E-state index in [4.69, 9.17) is 11.6 Å². The molecule has 1 saturated heterocycles. The molecule has 1 aliphatic heterocycles. The molecule has 0 spiro atoms. The molecule has 184 valence electrons. The van der Waals surface area contributed by atoms with Gasteiger partial charge >= 0.3 is 10.2 Å². The smallest absolute Gasteiger partial charge is 0.303 e. The Kier molecular flexibility index (Phi) is 6.38. The second-order valence-electron chi connectivity index (χ2n) is 8.64. The Morgan fingerprint density at radius 2 is 1.86 bits per heavy atom. The maximum absolute atomic E-state index is 13.1. The van der Waals surface area contributed by atoms with Crippen molar-refractivity contribution in [2.24, 2.45) is 0 Å². The van der Waals surface area contributed by atoms with Gasteiger partial charge in [-0.05, 0) is 79.6 Å². The van der Waals surface area contributed by atoms with Crippen molar-refractivity contribution < 1.29 is 13.2 Å². The number of benzene rings is 2. The molecule has 0 radical (unpaired) electrons. The summed E-state index contributed by atoms with van der Waals surface area (Å²) in [5, 5.41) is 3.43. The summed E-state index contributed by atoms with van der Waals surface area (Å²) in [6.45, 7) is 2.69. The van der Waals surface area contributed by atoms with Crippen molar-refractivity contribution >= 4 is 50.1 Å². The van der Waals surface area contributed by atoms with Crippen LogP contribution in [0.4, 0.5) is 11.4 Å². The van der Waals surface area contributed by atoms with E-state index < -0.39 is 10.2 Å². The molecule has 5 rings (SSSR count). The van der Waals surface area contributed by atoms with E-state index in [1.54, 1.807) is 56.6 Å². The molecule has 8 nitrogen and oxygen atoms in total. The van der Waals surface area contributed by atoms with Crippen molar-refractivity contribution in [2.45, 2.75) is 13.3 Å². The lowest BCUT2D eigenvalue weighted by atomic mass is 10.1. The first kappa shape index (κ1) is 24.2. The molecule has 1 aliphatic rings. The number of carbonyl (C=O) groups excluding carboxylic acids is 1. The molecule has 1 amide bonds. The van der Waals surface area contributed by atoms with Crippen LogP contribution in [0.5, 0.6) is 0 Å². The van der Waals surface area contributed by atoms with Gasteiger partial charge in [-0.1, -0.05) is 11.6 Å². The monoisotopic (exact) mass is 521 g/mol. The van der Waals surface area contributed by atoms with Crippen LogP contribution < -0.4 is 9.62 Å². The van der Waals surface area contributed by atoms with Crippen LogP contribution in [0.25, 0.3) is 22.3 Å². The van der Waals surface area contributed by atoms with Crippen molar-refractivity contribution in [3.05, 3.63) is 83.0 Å². The Morgan fingerprint density at radius 3 is 2.67 bits per heavy atom. The fourth-order valence-corrected chi connectivity index (χ4v) is 5.91. The number of hydrogen-bond donors (Lipinski definition) is 1. The van der Waals surface area contributed by atoms with E-state index in [2.05, 4.69) is 15.3 Å². The van der Waals surface area contributed by atoms with Gasteiger partial charge in [0, 0.05) is 43.1 Å². The average molecular weight is 522 g/mol. The molecule has 2 aromatic carbocycles. The second kappa shape index (κ2) is 9.50. The van der Waals surface area contributed by atoms with Crippen molar-refractivity contribution in [3.8, 4) is 11.3 Å². The van der Waals surface area contributed by atoms with Crippen molar-refractivity contribution in [1.82, 2.24) is 14.3 Å². The maximum Gasteiger partial charge on any atom is 0.303 e. The molecular formula is C26H24ClN5O3S. The predicted octanol–water partition coefficient (Wildman–Crippen LogP) is 4.90. The number of pyridine rings is 2. The summed E-state index contributed by atoms with van der Waals surface area (Å²) >= 11 is 6.46. The molecule has 3 heterocycles. The quantitative estimate of drug-likeness (QED) is 0.412. The molecular weight excluding hydrogens is 498 g/mol. The lowest BCUT2D eigenvalue weighted by Crippen LogP contribution is -2.48. The Labute approximate surface area is 214 Å². The summed E-state index contributed by atoms with van der Waals surface area (Å²) < 4.78 is 28.1. The van der Waals surface area contributed by atoms with Gasteiger partial charge in [0.25, 0.3) is 5.91 Å². The van der Waals surface area contributed by atoms with Gasteiger partial charge < -0.3 is 5.32 Å². The number of nitrogens with zero attached hydrogens (tertiary/aromatic N) is 4. The lowest BCUT2D eigenvalue weighted by molar-refractivity contribution is 0.102. The van der Waals surface area contributed by atoms with Crippen LogP contribution in [0.15, 0.2) is 66.9 Å². The zero-order valence-corrected chi connectivity index (χ0v) is 21.3. The number of halogens is 1. The third-order valence-electron chi connectivity index (χ3n) is 6.21. The van der Waals surface area contributed by atoms with Gasteiger partial charge in [0.2, 0.25) is 0 Å². The van der Waals surface area contributed by atoms with Gasteiger partial charge in [-0.2, -0.15) is 12.7 Å². The first-order chi connectivity index (χ1) is 17.2. The number of nitrogens with one attached hydrogen (secondary N) is 1. The van der Waals surface area contributed by atoms with E-state index in [0.29, 0.717) is 51.9 Å². The minimum Gasteiger partial charge on any atom is -0.322 e. The van der Waals surface area contributed by atoms with E-state index in [1.165, 1.54) is 8.61 Å². The van der Waals surface area contributed by atoms with Gasteiger partial charge in [0.1, 0.15) is 0 Å². The third kappa shape index (κ3) is 4.53. The zero-order chi connectivity index (χ0) is 25.4. The largest absolute Gasteiger partial charge is 0.322 e. The average Bonchev–Trinajstić information content (AvgIpc) is 2.86. The van der Waals surface area contributed by atoms with Gasteiger partial charge in [0.05, 0.1) is 27.4 Å². The first-order valence-corrected chi connectivity index (χ1v) is 13.2. The summed E-state index contributed by atoms with van der Waals surface area (Å²) in [5.41, 5.74) is 5.12. The highest BCUT2D eigenvalue weighted by Gasteiger charge is 2.31. The summed E-state index contributed by atoms with van der Waals surface area (Å²) in [5.74, 6) is -0.304. The van der Waals surface area contributed by atoms with Gasteiger partial charge in [-0.3, -0.25) is 14.1 Å². The molecule has 0 aliphatic carbocycles. The van der Waals surface area contributed by atoms with Crippen molar-refractivity contribution in [3.63, 3.8) is 0 Å². The molecule has 4 aromatic rings. The highest BCUT2D eigenvalue weighted by atomic mass is 35.5. The molecule has 10 heteroatoms. The molecule has 1 N–H and O–H groups in total. The number of hydrogen-bond acceptors (Lipinski definition) is 5. The molecule has 0 unspecified atom stereocenters. The van der Waals surface area contributed by atoms with Crippen LogP contribution in [-0.2, 0) is 10.2 Å². The Balaban J connectivity index is 1.40. The van der Waals surface area contributed by atoms with Gasteiger partial charge in [-0.25, -0.2) is 4.98 Å². The Morgan fingerprint density at radius 1 is 1.03 bits per heavy atom. The summed E-state index contributed by atoms with van der Waals surface area (Å²) in [6.07, 6.45) is 2.45. The molecule has 36 heavy (non-hydrogen) atoms. The van der Waals surface area contributed by atoms with Crippen LogP contribution in [-0.4, -0.2) is 48.7 Å². The van der Waals surface area contributed by atoms with Crippen LogP contribution in [0.1, 0.15) is 22.3 Å². The fourth-order valence-electron chi connectivity index (χ4n) is 4.26. The highest BCUT2D eigenvalue weighted by Crippen LogP contribution is 2.31. The van der Waals surface area contributed by atoms with E-state index >= 15 is 0 Å².